The lowest BCUT2D eigenvalue weighted by Crippen LogP contribution is -2.51. The number of aromatic nitrogens is 1. The lowest BCUT2D eigenvalue weighted by atomic mass is 9.99. The van der Waals surface area contributed by atoms with Crippen LogP contribution in [0.1, 0.15) is 37.6 Å². The van der Waals surface area contributed by atoms with Crippen LogP contribution >= 0.6 is 0 Å². The van der Waals surface area contributed by atoms with Crippen molar-refractivity contribution in [2.24, 2.45) is 0 Å². The molecule has 0 fully saturated rings. The highest BCUT2D eigenvalue weighted by Gasteiger charge is 2.32. The van der Waals surface area contributed by atoms with Crippen LogP contribution in [-0.4, -0.2) is 40.2 Å². The molecule has 3 aromatic rings. The summed E-state index contributed by atoms with van der Waals surface area (Å²) in [5.74, 6) is 0.0531. The molecule has 1 aliphatic heterocycles. The molecular weight excluding hydrogens is 437 g/mol. The molecule has 7 nitrogen and oxygen atoms in total. The van der Waals surface area contributed by atoms with E-state index in [0.717, 1.165) is 16.7 Å². The molecule has 178 valence electrons. The minimum absolute atomic E-state index is 0.216. The Hall–Kier alpha value is -3.68. The third kappa shape index (κ3) is 5.62. The molecule has 8 heteroatoms. The van der Waals surface area contributed by atoms with E-state index in [0.29, 0.717) is 30.8 Å². The number of hydrogen-bond acceptors (Lipinski definition) is 5. The monoisotopic (exact) mass is 465 g/mol. The topological polar surface area (TPSA) is 84.7 Å². The molecule has 0 saturated heterocycles. The number of benzene rings is 2. The minimum Gasteiger partial charge on any atom is -0.444 e. The number of halogens is 1. The van der Waals surface area contributed by atoms with E-state index in [1.165, 1.54) is 12.1 Å². The molecule has 34 heavy (non-hydrogen) atoms. The van der Waals surface area contributed by atoms with Gasteiger partial charge in [-0.25, -0.2) is 9.18 Å². The first-order chi connectivity index (χ1) is 16.2. The van der Waals surface area contributed by atoms with Crippen molar-refractivity contribution in [3.05, 3.63) is 77.2 Å². The molecule has 0 saturated carbocycles. The van der Waals surface area contributed by atoms with Gasteiger partial charge in [0.1, 0.15) is 23.2 Å². The summed E-state index contributed by atoms with van der Waals surface area (Å²) in [6, 6.07) is 14.8. The normalized spacial score (nSPS) is 14.3. The first-order valence-electron chi connectivity index (χ1n) is 11.3. The summed E-state index contributed by atoms with van der Waals surface area (Å²) in [5.41, 5.74) is 2.56. The summed E-state index contributed by atoms with van der Waals surface area (Å²) < 4.78 is 24.2. The highest BCUT2D eigenvalue weighted by Crippen LogP contribution is 2.30. The maximum Gasteiger partial charge on any atom is 0.408 e. The van der Waals surface area contributed by atoms with E-state index in [1.807, 2.05) is 30.3 Å². The van der Waals surface area contributed by atoms with E-state index >= 15 is 0 Å². The van der Waals surface area contributed by atoms with E-state index in [9.17, 15) is 14.0 Å². The first-order valence-corrected chi connectivity index (χ1v) is 11.3. The summed E-state index contributed by atoms with van der Waals surface area (Å²) in [6.45, 7) is 6.03. The van der Waals surface area contributed by atoms with Gasteiger partial charge >= 0.3 is 6.09 Å². The number of nitrogens with one attached hydrogen (secondary N) is 1. The summed E-state index contributed by atoms with van der Waals surface area (Å²) in [5, 5.41) is 6.91. The zero-order valence-corrected chi connectivity index (χ0v) is 19.5. The number of rotatable bonds is 5. The number of fused-ring (bicyclic) bond motifs is 1. The third-order valence-corrected chi connectivity index (χ3v) is 5.53. The second-order valence-electron chi connectivity index (χ2n) is 9.34. The van der Waals surface area contributed by atoms with Crippen LogP contribution in [0.3, 0.4) is 0 Å². The largest absolute Gasteiger partial charge is 0.444 e. The fourth-order valence-electron chi connectivity index (χ4n) is 3.97. The molecule has 0 radical (unpaired) electrons. The van der Waals surface area contributed by atoms with E-state index in [4.69, 9.17) is 9.26 Å². The van der Waals surface area contributed by atoms with Gasteiger partial charge in [-0.2, -0.15) is 0 Å². The zero-order valence-electron chi connectivity index (χ0n) is 19.5. The van der Waals surface area contributed by atoms with Crippen molar-refractivity contribution in [3.8, 4) is 11.3 Å². The van der Waals surface area contributed by atoms with Crippen LogP contribution in [0.2, 0.25) is 0 Å². The van der Waals surface area contributed by atoms with E-state index in [-0.39, 0.29) is 18.3 Å². The van der Waals surface area contributed by atoms with Crippen molar-refractivity contribution in [1.29, 1.82) is 0 Å². The zero-order chi connectivity index (χ0) is 24.3. The average molecular weight is 466 g/mol. The minimum atomic E-state index is -0.790. The molecule has 0 bridgehead atoms. The molecule has 1 N–H and O–H groups in total. The molecule has 1 unspecified atom stereocenters. The van der Waals surface area contributed by atoms with Crippen molar-refractivity contribution in [2.45, 2.75) is 51.8 Å². The van der Waals surface area contributed by atoms with Crippen LogP contribution in [-0.2, 0) is 28.9 Å². The van der Waals surface area contributed by atoms with Gasteiger partial charge in [-0.3, -0.25) is 4.79 Å². The standard InChI is InChI=1S/C26H28FN3O4/c1-26(2,3)33-25(32)28-21(15-17-7-5-4-6-8-17)24(31)30-14-13-20-22(16-30)29-34-23(20)18-9-11-19(27)12-10-18/h4-12,21H,13-16H2,1-3H3,(H,28,32). The van der Waals surface area contributed by atoms with Crippen LogP contribution in [0.25, 0.3) is 11.3 Å². The maximum absolute atomic E-state index is 13.5. The van der Waals surface area contributed by atoms with E-state index in [2.05, 4.69) is 10.5 Å². The van der Waals surface area contributed by atoms with Gasteiger partial charge in [0, 0.05) is 24.1 Å². The highest BCUT2D eigenvalue weighted by molar-refractivity contribution is 5.86. The fraction of sp³-hybridized carbons (Fsp3) is 0.346. The van der Waals surface area contributed by atoms with Gasteiger partial charge < -0.3 is 19.5 Å². The molecule has 4 rings (SSSR count). The van der Waals surface area contributed by atoms with Gasteiger partial charge in [0.15, 0.2) is 5.76 Å². The molecule has 1 aromatic heterocycles. The Labute approximate surface area is 197 Å². The van der Waals surface area contributed by atoms with Crippen molar-refractivity contribution in [1.82, 2.24) is 15.4 Å². The molecule has 2 aromatic carbocycles. The van der Waals surface area contributed by atoms with Crippen LogP contribution in [0.5, 0.6) is 0 Å². The van der Waals surface area contributed by atoms with Crippen LogP contribution in [0.15, 0.2) is 59.1 Å². The Kier molecular flexibility index (Phi) is 6.68. The molecule has 0 spiro atoms. The maximum atomic E-state index is 13.5. The predicted octanol–water partition coefficient (Wildman–Crippen LogP) is 4.50. The predicted molar refractivity (Wildman–Crippen MR) is 124 cm³/mol. The van der Waals surface area contributed by atoms with Gasteiger partial charge in [-0.15, -0.1) is 0 Å². The Bertz CT molecular complexity index is 1150. The summed E-state index contributed by atoms with van der Waals surface area (Å²) in [7, 11) is 0. The Balaban J connectivity index is 1.51. The Morgan fingerprint density at radius 1 is 1.15 bits per heavy atom. The lowest BCUT2D eigenvalue weighted by molar-refractivity contribution is -0.134. The first kappa shape index (κ1) is 23.5. The van der Waals surface area contributed by atoms with Gasteiger partial charge in [0.25, 0.3) is 0 Å². The van der Waals surface area contributed by atoms with Gasteiger partial charge in [0.2, 0.25) is 5.91 Å². The summed E-state index contributed by atoms with van der Waals surface area (Å²) in [6.07, 6.45) is 0.239. The summed E-state index contributed by atoms with van der Waals surface area (Å²) >= 11 is 0. The molecule has 2 heterocycles. The molecule has 2 amide bonds. The van der Waals surface area contributed by atoms with Crippen molar-refractivity contribution in [2.75, 3.05) is 6.54 Å². The number of carbonyl (C=O) groups excluding carboxylic acids is 2. The molecule has 0 aliphatic carbocycles. The summed E-state index contributed by atoms with van der Waals surface area (Å²) in [4.78, 5) is 27.6. The van der Waals surface area contributed by atoms with Gasteiger partial charge in [-0.1, -0.05) is 35.5 Å². The molecule has 1 atom stereocenters. The fourth-order valence-corrected chi connectivity index (χ4v) is 3.97. The number of ether oxygens (including phenoxy) is 1. The lowest BCUT2D eigenvalue weighted by Gasteiger charge is -2.31. The van der Waals surface area contributed by atoms with Crippen LogP contribution < -0.4 is 5.32 Å². The van der Waals surface area contributed by atoms with Crippen LogP contribution in [0.4, 0.5) is 9.18 Å². The average Bonchev–Trinajstić information content (AvgIpc) is 3.21. The van der Waals surface area contributed by atoms with E-state index < -0.39 is 17.7 Å². The number of amides is 2. The number of alkyl carbamates (subject to hydrolysis) is 1. The Morgan fingerprint density at radius 2 is 1.85 bits per heavy atom. The SMILES string of the molecule is CC(C)(C)OC(=O)NC(Cc1ccccc1)C(=O)N1CCc2c(noc2-c2ccc(F)cc2)C1. The second kappa shape index (κ2) is 9.67. The van der Waals surface area contributed by atoms with Gasteiger partial charge in [-0.05, 0) is 57.0 Å². The van der Waals surface area contributed by atoms with Crippen molar-refractivity contribution >= 4 is 12.0 Å². The quantitative estimate of drug-likeness (QED) is 0.600. The molecular formula is C26H28FN3O4. The highest BCUT2D eigenvalue weighted by atomic mass is 19.1. The second-order valence-corrected chi connectivity index (χ2v) is 9.34. The third-order valence-electron chi connectivity index (χ3n) is 5.53. The molecule has 1 aliphatic rings. The van der Waals surface area contributed by atoms with Crippen LogP contribution in [0, 0.1) is 5.82 Å². The van der Waals surface area contributed by atoms with Crippen molar-refractivity contribution < 1.29 is 23.2 Å². The number of nitrogens with zero attached hydrogens (tertiary/aromatic N) is 2. The van der Waals surface area contributed by atoms with Gasteiger partial charge in [0.05, 0.1) is 6.54 Å². The Morgan fingerprint density at radius 3 is 2.53 bits per heavy atom. The smallest absolute Gasteiger partial charge is 0.408 e. The van der Waals surface area contributed by atoms with Crippen molar-refractivity contribution in [3.63, 3.8) is 0 Å². The van der Waals surface area contributed by atoms with E-state index in [1.54, 1.807) is 37.8 Å². The number of carbonyl (C=O) groups is 2. The number of hydrogen-bond donors (Lipinski definition) is 1.